The van der Waals surface area contributed by atoms with Gasteiger partial charge < -0.3 is 11.1 Å². The minimum absolute atomic E-state index is 0.136. The van der Waals surface area contributed by atoms with Gasteiger partial charge in [0.1, 0.15) is 10.3 Å². The quantitative estimate of drug-likeness (QED) is 0.801. The van der Waals surface area contributed by atoms with E-state index >= 15 is 0 Å². The fraction of sp³-hybridized carbons (Fsp3) is 0.333. The predicted molar refractivity (Wildman–Crippen MR) is 59.6 cm³/mol. The SMILES string of the molecule is CC(N)CNc1ccnc2scnc12. The van der Waals surface area contributed by atoms with Gasteiger partial charge in [-0.05, 0) is 13.0 Å². The summed E-state index contributed by atoms with van der Waals surface area (Å²) in [6.07, 6.45) is 1.78. The zero-order valence-electron chi connectivity index (χ0n) is 7.90. The first-order chi connectivity index (χ1) is 6.77. The highest BCUT2D eigenvalue weighted by Gasteiger charge is 2.04. The van der Waals surface area contributed by atoms with Crippen LogP contribution in [0.2, 0.25) is 0 Å². The second-order valence-corrected chi connectivity index (χ2v) is 4.06. The summed E-state index contributed by atoms with van der Waals surface area (Å²) in [5.41, 5.74) is 9.40. The molecule has 14 heavy (non-hydrogen) atoms. The van der Waals surface area contributed by atoms with E-state index in [-0.39, 0.29) is 6.04 Å². The zero-order chi connectivity index (χ0) is 9.97. The number of nitrogens with one attached hydrogen (secondary N) is 1. The Morgan fingerprint density at radius 2 is 2.43 bits per heavy atom. The molecule has 0 fully saturated rings. The summed E-state index contributed by atoms with van der Waals surface area (Å²) < 4.78 is 0. The van der Waals surface area contributed by atoms with E-state index in [1.165, 1.54) is 0 Å². The van der Waals surface area contributed by atoms with E-state index in [1.807, 2.05) is 13.0 Å². The van der Waals surface area contributed by atoms with Gasteiger partial charge >= 0.3 is 0 Å². The van der Waals surface area contributed by atoms with E-state index in [4.69, 9.17) is 5.73 Å². The van der Waals surface area contributed by atoms with Gasteiger partial charge in [0.2, 0.25) is 0 Å². The van der Waals surface area contributed by atoms with E-state index in [0.717, 1.165) is 22.6 Å². The summed E-state index contributed by atoms with van der Waals surface area (Å²) in [7, 11) is 0. The van der Waals surface area contributed by atoms with Crippen molar-refractivity contribution in [3.8, 4) is 0 Å². The molecular formula is C9H12N4S. The maximum Gasteiger partial charge on any atom is 0.145 e. The Hall–Kier alpha value is -1.20. The normalized spacial score (nSPS) is 13.0. The molecule has 2 aromatic heterocycles. The van der Waals surface area contributed by atoms with Crippen LogP contribution < -0.4 is 11.1 Å². The lowest BCUT2D eigenvalue weighted by Gasteiger charge is -2.08. The van der Waals surface area contributed by atoms with Crippen molar-refractivity contribution in [2.45, 2.75) is 13.0 Å². The van der Waals surface area contributed by atoms with Crippen LogP contribution in [0.25, 0.3) is 10.3 Å². The molecule has 0 aromatic carbocycles. The number of rotatable bonds is 3. The Morgan fingerprint density at radius 3 is 3.21 bits per heavy atom. The number of hydrogen-bond donors (Lipinski definition) is 2. The molecule has 0 bridgehead atoms. The van der Waals surface area contributed by atoms with Crippen LogP contribution in [0.5, 0.6) is 0 Å². The Bertz CT molecular complexity index is 423. The van der Waals surface area contributed by atoms with Gasteiger partial charge in [-0.15, -0.1) is 11.3 Å². The van der Waals surface area contributed by atoms with Gasteiger partial charge in [0.15, 0.2) is 0 Å². The van der Waals surface area contributed by atoms with Gasteiger partial charge in [-0.1, -0.05) is 0 Å². The number of nitrogens with two attached hydrogens (primary N) is 1. The smallest absolute Gasteiger partial charge is 0.145 e. The van der Waals surface area contributed by atoms with Crippen molar-refractivity contribution in [2.24, 2.45) is 5.73 Å². The summed E-state index contributed by atoms with van der Waals surface area (Å²) in [6.45, 7) is 2.71. The summed E-state index contributed by atoms with van der Waals surface area (Å²) in [5, 5.41) is 3.25. The van der Waals surface area contributed by atoms with Crippen molar-refractivity contribution in [3.63, 3.8) is 0 Å². The number of pyridine rings is 1. The molecule has 4 nitrogen and oxygen atoms in total. The van der Waals surface area contributed by atoms with Gasteiger partial charge in [-0.2, -0.15) is 0 Å². The topological polar surface area (TPSA) is 63.8 Å². The molecule has 0 aliphatic rings. The Kier molecular flexibility index (Phi) is 2.60. The van der Waals surface area contributed by atoms with Gasteiger partial charge in [0.25, 0.3) is 0 Å². The zero-order valence-corrected chi connectivity index (χ0v) is 8.71. The largest absolute Gasteiger partial charge is 0.382 e. The molecule has 0 saturated carbocycles. The van der Waals surface area contributed by atoms with Crippen LogP contribution in [0, 0.1) is 0 Å². The summed E-state index contributed by atoms with van der Waals surface area (Å²) in [6, 6.07) is 2.06. The molecule has 1 atom stereocenters. The maximum absolute atomic E-state index is 5.66. The predicted octanol–water partition coefficient (Wildman–Crippen LogP) is 1.45. The molecule has 0 radical (unpaired) electrons. The number of nitrogens with zero attached hydrogens (tertiary/aromatic N) is 2. The fourth-order valence-electron chi connectivity index (χ4n) is 1.19. The van der Waals surface area contributed by atoms with Crippen LogP contribution in [-0.4, -0.2) is 22.6 Å². The highest BCUT2D eigenvalue weighted by molar-refractivity contribution is 7.16. The van der Waals surface area contributed by atoms with Crippen molar-refractivity contribution >= 4 is 27.4 Å². The minimum Gasteiger partial charge on any atom is -0.382 e. The maximum atomic E-state index is 5.66. The van der Waals surface area contributed by atoms with Gasteiger partial charge in [0.05, 0.1) is 11.2 Å². The average Bonchev–Trinajstić information content (AvgIpc) is 2.62. The second-order valence-electron chi connectivity index (χ2n) is 3.22. The van der Waals surface area contributed by atoms with Crippen molar-refractivity contribution in [3.05, 3.63) is 17.8 Å². The molecule has 0 aliphatic carbocycles. The van der Waals surface area contributed by atoms with E-state index < -0.39 is 0 Å². The Balaban J connectivity index is 2.27. The van der Waals surface area contributed by atoms with Gasteiger partial charge in [-0.25, -0.2) is 9.97 Å². The number of hydrogen-bond acceptors (Lipinski definition) is 5. The first-order valence-electron chi connectivity index (χ1n) is 4.45. The van der Waals surface area contributed by atoms with E-state index in [2.05, 4.69) is 15.3 Å². The lowest BCUT2D eigenvalue weighted by molar-refractivity contribution is 0.780. The number of fused-ring (bicyclic) bond motifs is 1. The molecule has 5 heteroatoms. The van der Waals surface area contributed by atoms with Crippen LogP contribution in [0.3, 0.4) is 0 Å². The first-order valence-corrected chi connectivity index (χ1v) is 5.33. The minimum atomic E-state index is 0.136. The van der Waals surface area contributed by atoms with Crippen molar-refractivity contribution in [2.75, 3.05) is 11.9 Å². The first kappa shape index (κ1) is 9.36. The van der Waals surface area contributed by atoms with Crippen molar-refractivity contribution in [1.82, 2.24) is 9.97 Å². The molecule has 3 N–H and O–H groups in total. The standard InChI is InChI=1S/C9H12N4S/c1-6(10)4-12-7-2-3-11-9-8(7)13-5-14-9/h2-3,5-6H,4,10H2,1H3,(H,11,12). The molecule has 2 aromatic rings. The highest BCUT2D eigenvalue weighted by atomic mass is 32.1. The Morgan fingerprint density at radius 1 is 1.57 bits per heavy atom. The monoisotopic (exact) mass is 208 g/mol. The lowest BCUT2D eigenvalue weighted by atomic mass is 10.3. The van der Waals surface area contributed by atoms with Crippen LogP contribution in [0.15, 0.2) is 17.8 Å². The third kappa shape index (κ3) is 1.83. The molecule has 2 heterocycles. The highest BCUT2D eigenvalue weighted by Crippen LogP contribution is 2.22. The van der Waals surface area contributed by atoms with Crippen LogP contribution in [-0.2, 0) is 0 Å². The van der Waals surface area contributed by atoms with Crippen LogP contribution in [0.1, 0.15) is 6.92 Å². The molecule has 1 unspecified atom stereocenters. The van der Waals surface area contributed by atoms with Crippen molar-refractivity contribution in [1.29, 1.82) is 0 Å². The molecule has 0 aliphatic heterocycles. The van der Waals surface area contributed by atoms with Crippen molar-refractivity contribution < 1.29 is 0 Å². The molecule has 74 valence electrons. The molecule has 0 amide bonds. The summed E-state index contributed by atoms with van der Waals surface area (Å²) >= 11 is 1.54. The molecule has 2 rings (SSSR count). The molecular weight excluding hydrogens is 196 g/mol. The number of anilines is 1. The summed E-state index contributed by atoms with van der Waals surface area (Å²) in [4.78, 5) is 9.42. The van der Waals surface area contributed by atoms with E-state index in [1.54, 1.807) is 23.0 Å². The number of thiazole rings is 1. The number of aromatic nitrogens is 2. The fourth-order valence-corrected chi connectivity index (χ4v) is 1.84. The third-order valence-corrected chi connectivity index (χ3v) is 2.58. The second kappa shape index (κ2) is 3.89. The molecule has 0 spiro atoms. The van der Waals surface area contributed by atoms with Gasteiger partial charge in [0, 0.05) is 18.8 Å². The van der Waals surface area contributed by atoms with Crippen LogP contribution in [0.4, 0.5) is 5.69 Å². The Labute approximate surface area is 86.2 Å². The third-order valence-electron chi connectivity index (χ3n) is 1.85. The van der Waals surface area contributed by atoms with E-state index in [0.29, 0.717) is 0 Å². The average molecular weight is 208 g/mol. The molecule has 0 saturated heterocycles. The summed E-state index contributed by atoms with van der Waals surface area (Å²) in [5.74, 6) is 0. The van der Waals surface area contributed by atoms with Crippen LogP contribution >= 0.6 is 11.3 Å². The van der Waals surface area contributed by atoms with Gasteiger partial charge in [-0.3, -0.25) is 0 Å². The van der Waals surface area contributed by atoms with E-state index in [9.17, 15) is 0 Å². The lowest BCUT2D eigenvalue weighted by Crippen LogP contribution is -2.25.